The lowest BCUT2D eigenvalue weighted by Crippen LogP contribution is -2.15. The molecular weight excluding hydrogens is 119 g/mol. The van der Waals surface area contributed by atoms with Gasteiger partial charge in [-0.15, -0.1) is 0 Å². The first-order chi connectivity index (χ1) is 3.06. The van der Waals surface area contributed by atoms with Crippen LogP contribution in [0.1, 0.15) is 0 Å². The van der Waals surface area contributed by atoms with Crippen LogP contribution in [-0.2, 0) is 4.57 Å². The molecule has 5 N–H and O–H groups in total. The molecule has 0 heterocycles. The summed E-state index contributed by atoms with van der Waals surface area (Å²) in [5.41, 5.74) is 4.49. The van der Waals surface area contributed by atoms with Gasteiger partial charge in [0.2, 0.25) is 0 Å². The first kappa shape index (κ1) is 7.07. The van der Waals surface area contributed by atoms with Crippen molar-refractivity contribution in [1.82, 2.24) is 5.09 Å². The van der Waals surface area contributed by atoms with Crippen molar-refractivity contribution in [2.75, 3.05) is 6.73 Å². The molecule has 6 heteroatoms. The third kappa shape index (κ3) is 6.07. The molecular formula is CH7N2O3P. The van der Waals surface area contributed by atoms with Gasteiger partial charge in [-0.25, -0.2) is 10.6 Å². The molecule has 0 bridgehead atoms. The van der Waals surface area contributed by atoms with Crippen LogP contribution in [-0.4, -0.2) is 16.7 Å². The van der Waals surface area contributed by atoms with Crippen molar-refractivity contribution in [3.05, 3.63) is 0 Å². The summed E-state index contributed by atoms with van der Waals surface area (Å²) >= 11 is 0. The number of rotatable bonds is 2. The van der Waals surface area contributed by atoms with Crippen molar-refractivity contribution in [3.63, 3.8) is 0 Å². The van der Waals surface area contributed by atoms with E-state index in [-0.39, 0.29) is 0 Å². The van der Waals surface area contributed by atoms with Gasteiger partial charge in [0.1, 0.15) is 6.73 Å². The summed E-state index contributed by atoms with van der Waals surface area (Å²) in [6.45, 7) is -0.579. The summed E-state index contributed by atoms with van der Waals surface area (Å²) in [7, 11) is -3.67. The largest absolute Gasteiger partial charge is 0.381 e. The van der Waals surface area contributed by atoms with Gasteiger partial charge in [-0.2, -0.15) is 0 Å². The number of hydrogen-bond acceptors (Lipinski definition) is 2. The fourth-order valence-electron chi connectivity index (χ4n) is 0.101. The molecule has 7 heavy (non-hydrogen) atoms. The molecule has 1 atom stereocenters. The monoisotopic (exact) mass is 126 g/mol. The molecule has 0 fully saturated rings. The molecule has 0 rings (SSSR count). The summed E-state index contributed by atoms with van der Waals surface area (Å²) in [6.07, 6.45) is 0. The Morgan fingerprint density at radius 1 is 1.86 bits per heavy atom. The SMILES string of the molecule is NP(=O)(O)NCO. The lowest BCUT2D eigenvalue weighted by Gasteiger charge is -2.00. The third-order valence-corrected chi connectivity index (χ3v) is 0.892. The molecule has 44 valence electrons. The first-order valence-electron chi connectivity index (χ1n) is 1.53. The zero-order valence-corrected chi connectivity index (χ0v) is 4.43. The van der Waals surface area contributed by atoms with Crippen LogP contribution in [0.5, 0.6) is 0 Å². The number of nitrogens with one attached hydrogen (secondary N) is 1. The van der Waals surface area contributed by atoms with Crippen LogP contribution < -0.4 is 10.6 Å². The Balaban J connectivity index is 3.36. The maximum atomic E-state index is 9.88. The topological polar surface area (TPSA) is 95.6 Å². The Labute approximate surface area is 40.7 Å². The fraction of sp³-hybridized carbons (Fsp3) is 1.00. The lowest BCUT2D eigenvalue weighted by molar-refractivity contribution is 0.280. The van der Waals surface area contributed by atoms with Crippen LogP contribution in [0.4, 0.5) is 0 Å². The Kier molecular flexibility index (Phi) is 2.42. The van der Waals surface area contributed by atoms with E-state index in [1.54, 1.807) is 5.09 Å². The molecule has 1 unspecified atom stereocenters. The average molecular weight is 126 g/mol. The summed E-state index contributed by atoms with van der Waals surface area (Å²) in [4.78, 5) is 8.08. The van der Waals surface area contributed by atoms with Gasteiger partial charge >= 0.3 is 7.67 Å². The van der Waals surface area contributed by atoms with E-state index in [2.05, 4.69) is 5.50 Å². The molecule has 0 saturated heterocycles. The summed E-state index contributed by atoms with van der Waals surface area (Å²) < 4.78 is 9.88. The molecule has 0 aliphatic rings. The van der Waals surface area contributed by atoms with E-state index in [0.717, 1.165) is 0 Å². The highest BCUT2D eigenvalue weighted by Gasteiger charge is 2.04. The molecule has 0 radical (unpaired) electrons. The van der Waals surface area contributed by atoms with Gasteiger partial charge in [0, 0.05) is 0 Å². The van der Waals surface area contributed by atoms with E-state index in [4.69, 9.17) is 10.00 Å². The minimum atomic E-state index is -3.67. The smallest absolute Gasteiger partial charge is 0.337 e. The van der Waals surface area contributed by atoms with Gasteiger partial charge in [0.15, 0.2) is 0 Å². The van der Waals surface area contributed by atoms with Gasteiger partial charge in [0.05, 0.1) is 0 Å². The van der Waals surface area contributed by atoms with E-state index in [0.29, 0.717) is 0 Å². The van der Waals surface area contributed by atoms with Crippen molar-refractivity contribution in [2.45, 2.75) is 0 Å². The van der Waals surface area contributed by atoms with E-state index in [1.807, 2.05) is 0 Å². The van der Waals surface area contributed by atoms with Gasteiger partial charge in [-0.3, -0.25) is 4.57 Å². The zero-order valence-electron chi connectivity index (χ0n) is 3.53. The van der Waals surface area contributed by atoms with Gasteiger partial charge < -0.3 is 10.00 Å². The number of nitrogens with two attached hydrogens (primary N) is 1. The highest BCUT2D eigenvalue weighted by molar-refractivity contribution is 7.53. The molecule has 0 spiro atoms. The minimum Gasteiger partial charge on any atom is -0.381 e. The van der Waals surface area contributed by atoms with Crippen molar-refractivity contribution >= 4 is 7.67 Å². The Bertz CT molecular complexity index is 86.9. The molecule has 0 aromatic rings. The van der Waals surface area contributed by atoms with Crippen molar-refractivity contribution in [3.8, 4) is 0 Å². The van der Waals surface area contributed by atoms with Crippen molar-refractivity contribution in [1.29, 1.82) is 0 Å². The van der Waals surface area contributed by atoms with Crippen LogP contribution in [0.25, 0.3) is 0 Å². The molecule has 0 amide bonds. The van der Waals surface area contributed by atoms with Crippen LogP contribution in [0.3, 0.4) is 0 Å². The van der Waals surface area contributed by atoms with Crippen LogP contribution in [0.15, 0.2) is 0 Å². The van der Waals surface area contributed by atoms with E-state index in [1.165, 1.54) is 0 Å². The van der Waals surface area contributed by atoms with E-state index < -0.39 is 14.4 Å². The minimum absolute atomic E-state index is 0.579. The predicted octanol–water partition coefficient (Wildman–Crippen LogP) is -1.42. The van der Waals surface area contributed by atoms with Crippen LogP contribution >= 0.6 is 7.67 Å². The number of aliphatic hydroxyl groups is 1. The molecule has 0 aromatic carbocycles. The number of aliphatic hydroxyl groups excluding tert-OH is 1. The second-order valence-corrected chi connectivity index (χ2v) is 2.50. The van der Waals surface area contributed by atoms with Gasteiger partial charge in [0.25, 0.3) is 0 Å². The normalized spacial score (nSPS) is 18.7. The second-order valence-electron chi connectivity index (χ2n) is 0.939. The molecule has 5 nitrogen and oxygen atoms in total. The summed E-state index contributed by atoms with van der Waals surface area (Å²) in [6, 6.07) is 0. The van der Waals surface area contributed by atoms with Crippen molar-refractivity contribution < 1.29 is 14.6 Å². The Hall–Kier alpha value is 0.0700. The van der Waals surface area contributed by atoms with Crippen molar-refractivity contribution in [2.24, 2.45) is 5.50 Å². The standard InChI is InChI=1S/CH7N2O3P/c2-7(5,6)3-1-4/h4H,1H2,(H4,2,3,5,6). The van der Waals surface area contributed by atoms with Crippen LogP contribution in [0.2, 0.25) is 0 Å². The second kappa shape index (κ2) is 2.40. The van der Waals surface area contributed by atoms with E-state index in [9.17, 15) is 4.57 Å². The first-order valence-corrected chi connectivity index (χ1v) is 3.26. The van der Waals surface area contributed by atoms with Gasteiger partial charge in [-0.05, 0) is 0 Å². The maximum Gasteiger partial charge on any atom is 0.337 e. The van der Waals surface area contributed by atoms with E-state index >= 15 is 0 Å². The van der Waals surface area contributed by atoms with Gasteiger partial charge in [-0.1, -0.05) is 0 Å². The molecule has 0 aliphatic carbocycles. The quantitative estimate of drug-likeness (QED) is 0.269. The third-order valence-electron chi connectivity index (χ3n) is 0.297. The highest BCUT2D eigenvalue weighted by atomic mass is 31.2. The lowest BCUT2D eigenvalue weighted by atomic mass is 11.4. The fourth-order valence-corrected chi connectivity index (χ4v) is 0.304. The molecule has 0 aromatic heterocycles. The number of hydrogen-bond donors (Lipinski definition) is 4. The van der Waals surface area contributed by atoms with Crippen LogP contribution in [0, 0.1) is 0 Å². The predicted molar refractivity (Wildman–Crippen MR) is 24.2 cm³/mol. The summed E-state index contributed by atoms with van der Waals surface area (Å²) in [5.74, 6) is 0. The Morgan fingerprint density at radius 3 is 2.29 bits per heavy atom. The zero-order chi connectivity index (χ0) is 5.91. The maximum absolute atomic E-state index is 9.88. The average Bonchev–Trinajstić information content (AvgIpc) is 1.30. The Morgan fingerprint density at radius 2 is 2.29 bits per heavy atom. The summed E-state index contributed by atoms with van der Waals surface area (Å²) in [5, 5.41) is 9.61. The molecule has 0 aliphatic heterocycles. The highest BCUT2D eigenvalue weighted by Crippen LogP contribution is 2.20. The molecule has 0 saturated carbocycles.